The highest BCUT2D eigenvalue weighted by molar-refractivity contribution is 7.99. The molecule has 31 heavy (non-hydrogen) atoms. The second kappa shape index (κ2) is 7.99. The lowest BCUT2D eigenvalue weighted by Crippen LogP contribution is -2.49. The minimum absolute atomic E-state index is 0.0599. The molecular formula is C20H21N7O3S. The van der Waals surface area contributed by atoms with Crippen molar-refractivity contribution in [1.82, 2.24) is 35.3 Å². The Kier molecular flexibility index (Phi) is 5.36. The van der Waals surface area contributed by atoms with Crippen LogP contribution in [0.2, 0.25) is 0 Å². The summed E-state index contributed by atoms with van der Waals surface area (Å²) >= 11 is 1.14. The smallest absolute Gasteiger partial charge is 0.318 e. The first-order valence-corrected chi connectivity index (χ1v) is 10.7. The summed E-state index contributed by atoms with van der Waals surface area (Å²) < 4.78 is 1.75. The Balaban J connectivity index is 1.47. The Hall–Kier alpha value is -3.47. The first-order valence-electron chi connectivity index (χ1n) is 9.69. The topological polar surface area (TPSA) is 122 Å². The van der Waals surface area contributed by atoms with Crippen molar-refractivity contribution >= 4 is 35.3 Å². The summed E-state index contributed by atoms with van der Waals surface area (Å²) in [5, 5.41) is 12.2. The molecule has 11 heteroatoms. The zero-order valence-corrected chi connectivity index (χ0v) is 18.1. The van der Waals surface area contributed by atoms with Crippen molar-refractivity contribution in [1.29, 1.82) is 0 Å². The van der Waals surface area contributed by atoms with Crippen LogP contribution < -0.4 is 10.7 Å². The van der Waals surface area contributed by atoms with Crippen molar-refractivity contribution in [3.05, 3.63) is 53.5 Å². The summed E-state index contributed by atoms with van der Waals surface area (Å²) in [6.07, 6.45) is 0.347. The molecule has 3 aromatic rings. The molecule has 0 radical (unpaired) electrons. The molecule has 1 aromatic carbocycles. The van der Waals surface area contributed by atoms with Gasteiger partial charge >= 0.3 is 6.03 Å². The summed E-state index contributed by atoms with van der Waals surface area (Å²) in [4.78, 5) is 42.5. The maximum Gasteiger partial charge on any atom is 0.344 e. The van der Waals surface area contributed by atoms with E-state index in [1.54, 1.807) is 41.7 Å². The number of benzene rings is 1. The van der Waals surface area contributed by atoms with Crippen LogP contribution in [-0.2, 0) is 15.1 Å². The van der Waals surface area contributed by atoms with Crippen LogP contribution in [-0.4, -0.2) is 48.2 Å². The van der Waals surface area contributed by atoms with Crippen molar-refractivity contribution in [2.75, 3.05) is 5.75 Å². The lowest BCUT2D eigenvalue weighted by molar-refractivity contribution is -0.138. The third-order valence-electron chi connectivity index (χ3n) is 5.12. The van der Waals surface area contributed by atoms with E-state index >= 15 is 0 Å². The number of hydrogen-bond donors (Lipinski definition) is 2. The standard InChI is InChI=1S/C20H21N7O3S/c1-4-20(14-8-6-5-7-9-14)17(29)27(18(30)22-20)25-16(28)11-31-19-24-23-15-10-12(2)21-13(3)26(15)19/h5-10H,4,11H2,1-3H3,(H,22,30)(H,25,28). The van der Waals surface area contributed by atoms with Gasteiger partial charge in [0.05, 0.1) is 5.75 Å². The predicted octanol–water partition coefficient (Wildman–Crippen LogP) is 1.72. The van der Waals surface area contributed by atoms with E-state index in [9.17, 15) is 14.4 Å². The minimum atomic E-state index is -1.21. The van der Waals surface area contributed by atoms with Gasteiger partial charge in [-0.05, 0) is 25.8 Å². The summed E-state index contributed by atoms with van der Waals surface area (Å²) in [7, 11) is 0. The highest BCUT2D eigenvalue weighted by Gasteiger charge is 2.52. The van der Waals surface area contributed by atoms with E-state index in [-0.39, 0.29) is 5.75 Å². The SMILES string of the molecule is CCC1(c2ccccc2)NC(=O)N(NC(=O)CSc2nnc3cc(C)nc(C)n23)C1=O. The van der Waals surface area contributed by atoms with Gasteiger partial charge in [-0.1, -0.05) is 49.0 Å². The molecule has 1 atom stereocenters. The monoisotopic (exact) mass is 439 g/mol. The van der Waals surface area contributed by atoms with Gasteiger partial charge in [0.1, 0.15) is 11.4 Å². The number of carbonyl (C=O) groups is 3. The number of thioether (sulfide) groups is 1. The molecule has 0 saturated carbocycles. The largest absolute Gasteiger partial charge is 0.344 e. The lowest BCUT2D eigenvalue weighted by Gasteiger charge is -2.25. The number of nitrogens with zero attached hydrogens (tertiary/aromatic N) is 5. The van der Waals surface area contributed by atoms with Gasteiger partial charge in [-0.3, -0.25) is 19.4 Å². The summed E-state index contributed by atoms with van der Waals surface area (Å²) in [5.74, 6) is -0.390. The summed E-state index contributed by atoms with van der Waals surface area (Å²) in [6.45, 7) is 5.50. The summed E-state index contributed by atoms with van der Waals surface area (Å²) in [6, 6.07) is 10.1. The number of rotatable bonds is 6. The van der Waals surface area contributed by atoms with Crippen LogP contribution >= 0.6 is 11.8 Å². The van der Waals surface area contributed by atoms with Crippen LogP contribution in [0, 0.1) is 13.8 Å². The number of aryl methyl sites for hydroxylation is 2. The molecule has 1 unspecified atom stereocenters. The lowest BCUT2D eigenvalue weighted by atomic mass is 9.87. The van der Waals surface area contributed by atoms with Crippen LogP contribution in [0.5, 0.6) is 0 Å². The first-order chi connectivity index (χ1) is 14.9. The number of imide groups is 1. The molecule has 4 amide bonds. The number of amides is 4. The Bertz CT molecular complexity index is 1180. The van der Waals surface area contributed by atoms with Crippen molar-refractivity contribution in [2.45, 2.75) is 37.9 Å². The van der Waals surface area contributed by atoms with Gasteiger partial charge in [0.2, 0.25) is 5.91 Å². The molecule has 1 aliphatic rings. The number of fused-ring (bicyclic) bond motifs is 1. The fourth-order valence-electron chi connectivity index (χ4n) is 3.62. The maximum atomic E-state index is 13.1. The van der Waals surface area contributed by atoms with Crippen molar-refractivity contribution in [3.8, 4) is 0 Å². The summed E-state index contributed by atoms with van der Waals surface area (Å²) in [5.41, 5.74) is 3.33. The number of nitrogens with one attached hydrogen (secondary N) is 2. The second-order valence-corrected chi connectivity index (χ2v) is 8.08. The van der Waals surface area contributed by atoms with Gasteiger partial charge in [-0.25, -0.2) is 9.78 Å². The number of hydrogen-bond acceptors (Lipinski definition) is 7. The molecule has 2 N–H and O–H groups in total. The van der Waals surface area contributed by atoms with E-state index in [0.717, 1.165) is 22.5 Å². The highest BCUT2D eigenvalue weighted by Crippen LogP contribution is 2.31. The number of hydrazine groups is 1. The van der Waals surface area contributed by atoms with E-state index in [1.807, 2.05) is 19.9 Å². The Morgan fingerprint density at radius 2 is 1.94 bits per heavy atom. The molecule has 0 aliphatic carbocycles. The van der Waals surface area contributed by atoms with Gasteiger partial charge in [0.15, 0.2) is 10.8 Å². The molecule has 2 aromatic heterocycles. The van der Waals surface area contributed by atoms with Crippen LogP contribution in [0.15, 0.2) is 41.6 Å². The van der Waals surface area contributed by atoms with E-state index < -0.39 is 23.4 Å². The molecule has 1 saturated heterocycles. The molecule has 1 fully saturated rings. The Morgan fingerprint density at radius 3 is 2.65 bits per heavy atom. The van der Waals surface area contributed by atoms with Crippen molar-refractivity contribution in [2.24, 2.45) is 0 Å². The van der Waals surface area contributed by atoms with Crippen LogP contribution in [0.25, 0.3) is 5.65 Å². The third kappa shape index (κ3) is 3.61. The molecule has 0 spiro atoms. The van der Waals surface area contributed by atoms with Gasteiger partial charge < -0.3 is 5.32 Å². The van der Waals surface area contributed by atoms with Crippen LogP contribution in [0.3, 0.4) is 0 Å². The highest BCUT2D eigenvalue weighted by atomic mass is 32.2. The average molecular weight is 440 g/mol. The molecule has 160 valence electrons. The third-order valence-corrected chi connectivity index (χ3v) is 6.04. The fourth-order valence-corrected chi connectivity index (χ4v) is 4.40. The van der Waals surface area contributed by atoms with E-state index in [4.69, 9.17) is 0 Å². The van der Waals surface area contributed by atoms with Crippen LogP contribution in [0.1, 0.15) is 30.4 Å². The molecule has 3 heterocycles. The van der Waals surface area contributed by atoms with E-state index in [2.05, 4.69) is 25.9 Å². The second-order valence-electron chi connectivity index (χ2n) is 7.14. The first kappa shape index (κ1) is 20.8. The van der Waals surface area contributed by atoms with Crippen LogP contribution in [0.4, 0.5) is 4.79 Å². The minimum Gasteiger partial charge on any atom is -0.318 e. The Morgan fingerprint density at radius 1 is 1.19 bits per heavy atom. The number of aromatic nitrogens is 4. The molecule has 0 bridgehead atoms. The normalized spacial score (nSPS) is 18.5. The van der Waals surface area contributed by atoms with Gasteiger partial charge in [0.25, 0.3) is 5.91 Å². The molecule has 1 aliphatic heterocycles. The fraction of sp³-hybridized carbons (Fsp3) is 0.300. The molecule has 10 nitrogen and oxygen atoms in total. The average Bonchev–Trinajstić information content (AvgIpc) is 3.27. The van der Waals surface area contributed by atoms with E-state index in [1.165, 1.54) is 0 Å². The number of carbonyl (C=O) groups excluding carboxylic acids is 3. The van der Waals surface area contributed by atoms with Crippen molar-refractivity contribution < 1.29 is 14.4 Å². The zero-order valence-electron chi connectivity index (χ0n) is 17.2. The number of urea groups is 1. The molecular weight excluding hydrogens is 418 g/mol. The Labute approximate surface area is 182 Å². The van der Waals surface area contributed by atoms with Crippen molar-refractivity contribution in [3.63, 3.8) is 0 Å². The van der Waals surface area contributed by atoms with Gasteiger partial charge in [-0.2, -0.15) is 5.01 Å². The van der Waals surface area contributed by atoms with E-state index in [0.29, 0.717) is 28.6 Å². The zero-order chi connectivity index (χ0) is 22.2. The van der Waals surface area contributed by atoms with Gasteiger partial charge in [-0.15, -0.1) is 10.2 Å². The predicted molar refractivity (Wildman–Crippen MR) is 113 cm³/mol. The quantitative estimate of drug-likeness (QED) is 0.443. The molecule has 4 rings (SSSR count). The van der Waals surface area contributed by atoms with Gasteiger partial charge in [0, 0.05) is 11.8 Å². The maximum absolute atomic E-state index is 13.1.